The minimum atomic E-state index is 0.871. The highest BCUT2D eigenvalue weighted by atomic mass is 16.5. The molecule has 0 radical (unpaired) electrons. The first-order valence-electron chi connectivity index (χ1n) is 7.05. The first-order valence-corrected chi connectivity index (χ1v) is 7.05. The molecule has 0 aromatic heterocycles. The van der Waals surface area contributed by atoms with Crippen LogP contribution >= 0.6 is 0 Å². The number of aryl methyl sites for hydroxylation is 1. The number of hydrogen-bond donors (Lipinski definition) is 0. The maximum absolute atomic E-state index is 5.30. The summed E-state index contributed by atoms with van der Waals surface area (Å²) in [7, 11) is 3.77. The topological polar surface area (TPSA) is 12.5 Å². The van der Waals surface area contributed by atoms with Crippen molar-refractivity contribution >= 4 is 22.1 Å². The van der Waals surface area contributed by atoms with Crippen molar-refractivity contribution in [3.8, 4) is 5.75 Å². The van der Waals surface area contributed by atoms with Gasteiger partial charge in [0.25, 0.3) is 0 Å². The van der Waals surface area contributed by atoms with Crippen LogP contribution in [0.1, 0.15) is 5.56 Å². The van der Waals surface area contributed by atoms with E-state index in [-0.39, 0.29) is 0 Å². The third kappa shape index (κ3) is 2.70. The van der Waals surface area contributed by atoms with Gasteiger partial charge >= 0.3 is 0 Å². The third-order valence-corrected chi connectivity index (χ3v) is 3.81. The van der Waals surface area contributed by atoms with Gasteiger partial charge in [0, 0.05) is 24.5 Å². The molecule has 0 amide bonds. The van der Waals surface area contributed by atoms with Crippen LogP contribution in [-0.2, 0) is 0 Å². The standard InChI is InChI=1S/C19H19NO/c1-14-7-8-16-12-18(10-9-15(16)11-14)20(2)17-5-4-6-19(13-17)21-3/h4-13H,1-3H3. The fraction of sp³-hybridized carbons (Fsp3) is 0.158. The van der Waals surface area contributed by atoms with Gasteiger partial charge in [0.15, 0.2) is 0 Å². The smallest absolute Gasteiger partial charge is 0.120 e. The highest BCUT2D eigenvalue weighted by Crippen LogP contribution is 2.29. The van der Waals surface area contributed by atoms with E-state index in [1.165, 1.54) is 22.0 Å². The van der Waals surface area contributed by atoms with Crippen LogP contribution < -0.4 is 9.64 Å². The van der Waals surface area contributed by atoms with Crippen molar-refractivity contribution in [1.29, 1.82) is 0 Å². The molecule has 106 valence electrons. The molecule has 0 bridgehead atoms. The molecule has 0 N–H and O–H groups in total. The molecule has 0 aliphatic rings. The lowest BCUT2D eigenvalue weighted by Gasteiger charge is -2.20. The zero-order valence-electron chi connectivity index (χ0n) is 12.6. The van der Waals surface area contributed by atoms with E-state index >= 15 is 0 Å². The van der Waals surface area contributed by atoms with E-state index in [0.717, 1.165) is 11.4 Å². The number of hydrogen-bond acceptors (Lipinski definition) is 2. The van der Waals surface area contributed by atoms with E-state index in [2.05, 4.69) is 61.3 Å². The van der Waals surface area contributed by atoms with Gasteiger partial charge in [-0.25, -0.2) is 0 Å². The van der Waals surface area contributed by atoms with Crippen LogP contribution in [0.3, 0.4) is 0 Å². The molecular formula is C19H19NO. The molecule has 0 heterocycles. The summed E-state index contributed by atoms with van der Waals surface area (Å²) in [6, 6.07) is 21.2. The van der Waals surface area contributed by atoms with Crippen LogP contribution in [0.25, 0.3) is 10.8 Å². The van der Waals surface area contributed by atoms with Crippen LogP contribution in [0, 0.1) is 6.92 Å². The Hall–Kier alpha value is -2.48. The van der Waals surface area contributed by atoms with Crippen LogP contribution in [0.4, 0.5) is 11.4 Å². The lowest BCUT2D eigenvalue weighted by molar-refractivity contribution is 0.415. The second-order valence-electron chi connectivity index (χ2n) is 5.30. The van der Waals surface area contributed by atoms with Gasteiger partial charge in [0.05, 0.1) is 7.11 Å². The molecule has 0 saturated carbocycles. The van der Waals surface area contributed by atoms with Gasteiger partial charge < -0.3 is 9.64 Å². The summed E-state index contributed by atoms with van der Waals surface area (Å²) in [5, 5.41) is 2.53. The average molecular weight is 277 g/mol. The molecule has 2 nitrogen and oxygen atoms in total. The molecule has 2 heteroatoms. The van der Waals surface area contributed by atoms with Crippen molar-refractivity contribution in [2.75, 3.05) is 19.1 Å². The van der Waals surface area contributed by atoms with Gasteiger partial charge in [-0.2, -0.15) is 0 Å². The monoisotopic (exact) mass is 277 g/mol. The van der Waals surface area contributed by atoms with Crippen LogP contribution in [-0.4, -0.2) is 14.2 Å². The van der Waals surface area contributed by atoms with E-state index < -0.39 is 0 Å². The van der Waals surface area contributed by atoms with Crippen LogP contribution in [0.15, 0.2) is 60.7 Å². The minimum absolute atomic E-state index is 0.871. The van der Waals surface area contributed by atoms with Gasteiger partial charge in [-0.15, -0.1) is 0 Å². The molecule has 0 aliphatic heterocycles. The highest BCUT2D eigenvalue weighted by Gasteiger charge is 2.06. The van der Waals surface area contributed by atoms with E-state index in [1.54, 1.807) is 7.11 Å². The van der Waals surface area contributed by atoms with Crippen LogP contribution in [0.5, 0.6) is 5.75 Å². The van der Waals surface area contributed by atoms with Crippen molar-refractivity contribution in [3.05, 3.63) is 66.2 Å². The number of nitrogens with zero attached hydrogens (tertiary/aromatic N) is 1. The number of benzene rings is 3. The Morgan fingerprint density at radius 2 is 1.52 bits per heavy atom. The number of fused-ring (bicyclic) bond motifs is 1. The summed E-state index contributed by atoms with van der Waals surface area (Å²) in [5.74, 6) is 0.871. The number of rotatable bonds is 3. The third-order valence-electron chi connectivity index (χ3n) is 3.81. The Kier molecular flexibility index (Phi) is 3.53. The van der Waals surface area contributed by atoms with Crippen molar-refractivity contribution < 1.29 is 4.74 Å². The predicted octanol–water partition coefficient (Wildman–Crippen LogP) is 4.92. The molecule has 0 unspecified atom stereocenters. The van der Waals surface area contributed by atoms with E-state index in [1.807, 2.05) is 18.2 Å². The Morgan fingerprint density at radius 1 is 0.810 bits per heavy atom. The molecule has 3 rings (SSSR count). The van der Waals surface area contributed by atoms with E-state index in [0.29, 0.717) is 0 Å². The molecule has 3 aromatic rings. The second-order valence-corrected chi connectivity index (χ2v) is 5.30. The quantitative estimate of drug-likeness (QED) is 0.673. The van der Waals surface area contributed by atoms with E-state index in [9.17, 15) is 0 Å². The fourth-order valence-electron chi connectivity index (χ4n) is 2.53. The molecule has 0 spiro atoms. The summed E-state index contributed by atoms with van der Waals surface area (Å²) in [6.45, 7) is 2.12. The largest absolute Gasteiger partial charge is 0.497 e. The average Bonchev–Trinajstić information content (AvgIpc) is 2.53. The van der Waals surface area contributed by atoms with Gasteiger partial charge in [-0.3, -0.25) is 0 Å². The van der Waals surface area contributed by atoms with Crippen molar-refractivity contribution in [2.24, 2.45) is 0 Å². The molecule has 21 heavy (non-hydrogen) atoms. The first kappa shape index (κ1) is 13.5. The summed E-state index contributed by atoms with van der Waals surface area (Å²) in [6.07, 6.45) is 0. The zero-order chi connectivity index (χ0) is 14.8. The summed E-state index contributed by atoms with van der Waals surface area (Å²) in [5.41, 5.74) is 3.57. The Morgan fingerprint density at radius 3 is 2.33 bits per heavy atom. The van der Waals surface area contributed by atoms with Crippen molar-refractivity contribution in [2.45, 2.75) is 6.92 Å². The Labute approximate surface area is 125 Å². The summed E-state index contributed by atoms with van der Waals surface area (Å²) >= 11 is 0. The molecular weight excluding hydrogens is 258 g/mol. The van der Waals surface area contributed by atoms with Crippen LogP contribution in [0.2, 0.25) is 0 Å². The molecule has 0 aliphatic carbocycles. The fourth-order valence-corrected chi connectivity index (χ4v) is 2.53. The van der Waals surface area contributed by atoms with Crippen molar-refractivity contribution in [3.63, 3.8) is 0 Å². The van der Waals surface area contributed by atoms with E-state index in [4.69, 9.17) is 4.74 Å². The van der Waals surface area contributed by atoms with Gasteiger partial charge in [-0.05, 0) is 42.0 Å². The highest BCUT2D eigenvalue weighted by molar-refractivity contribution is 5.87. The lowest BCUT2D eigenvalue weighted by Crippen LogP contribution is -2.09. The summed E-state index contributed by atoms with van der Waals surface area (Å²) < 4.78 is 5.30. The Bertz CT molecular complexity index is 779. The number of methoxy groups -OCH3 is 1. The second kappa shape index (κ2) is 5.49. The zero-order valence-corrected chi connectivity index (χ0v) is 12.6. The minimum Gasteiger partial charge on any atom is -0.497 e. The van der Waals surface area contributed by atoms with Gasteiger partial charge in [-0.1, -0.05) is 35.9 Å². The predicted molar refractivity (Wildman–Crippen MR) is 89.7 cm³/mol. The normalized spacial score (nSPS) is 10.6. The number of ether oxygens (including phenoxy) is 1. The van der Waals surface area contributed by atoms with Gasteiger partial charge in [0.2, 0.25) is 0 Å². The molecule has 0 atom stereocenters. The van der Waals surface area contributed by atoms with Crippen molar-refractivity contribution in [1.82, 2.24) is 0 Å². The SMILES string of the molecule is COc1cccc(N(C)c2ccc3cc(C)ccc3c2)c1. The maximum Gasteiger partial charge on any atom is 0.120 e. The summed E-state index contributed by atoms with van der Waals surface area (Å²) in [4.78, 5) is 2.17. The molecule has 0 fully saturated rings. The number of anilines is 2. The molecule has 0 saturated heterocycles. The molecule has 3 aromatic carbocycles. The van der Waals surface area contributed by atoms with Gasteiger partial charge in [0.1, 0.15) is 5.75 Å². The Balaban J connectivity index is 2.00. The maximum atomic E-state index is 5.30. The first-order chi connectivity index (χ1) is 10.2. The lowest BCUT2D eigenvalue weighted by atomic mass is 10.1.